The van der Waals surface area contributed by atoms with Crippen LogP contribution in [0.2, 0.25) is 0 Å². The van der Waals surface area contributed by atoms with Gasteiger partial charge in [-0.2, -0.15) is 0 Å². The van der Waals surface area contributed by atoms with Gasteiger partial charge in [-0.15, -0.1) is 0 Å². The van der Waals surface area contributed by atoms with Crippen LogP contribution in [0.3, 0.4) is 0 Å². The Hall–Kier alpha value is -1.64. The first kappa shape index (κ1) is 7.74. The van der Waals surface area contributed by atoms with Crippen molar-refractivity contribution < 1.29 is 4.79 Å². The van der Waals surface area contributed by atoms with Gasteiger partial charge in [-0.25, -0.2) is 4.98 Å². The van der Waals surface area contributed by atoms with Gasteiger partial charge in [0.1, 0.15) is 11.5 Å². The summed E-state index contributed by atoms with van der Waals surface area (Å²) in [6.07, 6.45) is 5.21. The van der Waals surface area contributed by atoms with Crippen molar-refractivity contribution in [3.05, 3.63) is 35.9 Å². The second-order valence-corrected chi connectivity index (χ2v) is 3.70. The fraction of sp³-hybridized carbons (Fsp3) is 0.273. The average molecular weight is 186 g/mol. The fourth-order valence-electron chi connectivity index (χ4n) is 1.80. The van der Waals surface area contributed by atoms with E-state index in [9.17, 15) is 4.79 Å². The van der Waals surface area contributed by atoms with E-state index in [0.29, 0.717) is 11.6 Å². The zero-order valence-corrected chi connectivity index (χ0v) is 7.68. The molecule has 0 aromatic carbocycles. The van der Waals surface area contributed by atoms with Crippen molar-refractivity contribution >= 4 is 11.8 Å². The van der Waals surface area contributed by atoms with Gasteiger partial charge in [-0.05, 0) is 25.0 Å². The first-order valence-corrected chi connectivity index (χ1v) is 4.82. The fourth-order valence-corrected chi connectivity index (χ4v) is 1.80. The molecule has 3 rings (SSSR count). The van der Waals surface area contributed by atoms with Gasteiger partial charge in [0.25, 0.3) is 0 Å². The van der Waals surface area contributed by atoms with Crippen molar-refractivity contribution in [2.24, 2.45) is 0 Å². The number of nitrogens with zero attached hydrogens (tertiary/aromatic N) is 2. The zero-order chi connectivity index (χ0) is 9.54. The molecule has 0 amide bonds. The monoisotopic (exact) mass is 186 g/mol. The maximum Gasteiger partial charge on any atom is 0.170 e. The maximum absolute atomic E-state index is 10.8. The molecule has 0 radical (unpaired) electrons. The summed E-state index contributed by atoms with van der Waals surface area (Å²) in [5.74, 6) is 1.61. The highest BCUT2D eigenvalue weighted by atomic mass is 16.1. The Morgan fingerprint density at radius 2 is 2.29 bits per heavy atom. The molecule has 0 bridgehead atoms. The van der Waals surface area contributed by atoms with Crippen LogP contribution in [0.5, 0.6) is 0 Å². The molecule has 2 heterocycles. The number of hydrogen-bond donors (Lipinski definition) is 0. The summed E-state index contributed by atoms with van der Waals surface area (Å²) in [6, 6.07) is 5.83. The number of carbonyl (C=O) groups excluding carboxylic acids is 1. The van der Waals surface area contributed by atoms with Crippen molar-refractivity contribution in [1.29, 1.82) is 0 Å². The van der Waals surface area contributed by atoms with E-state index >= 15 is 0 Å². The van der Waals surface area contributed by atoms with Crippen LogP contribution in [0.15, 0.2) is 24.4 Å². The van der Waals surface area contributed by atoms with Crippen LogP contribution in [-0.4, -0.2) is 15.7 Å². The maximum atomic E-state index is 10.8. The molecule has 0 saturated heterocycles. The smallest absolute Gasteiger partial charge is 0.170 e. The van der Waals surface area contributed by atoms with Crippen LogP contribution < -0.4 is 0 Å². The Morgan fingerprint density at radius 3 is 3.00 bits per heavy atom. The average Bonchev–Trinajstić information content (AvgIpc) is 3.00. The molecule has 1 aliphatic rings. The second kappa shape index (κ2) is 2.67. The van der Waals surface area contributed by atoms with E-state index in [4.69, 9.17) is 0 Å². The topological polar surface area (TPSA) is 34.4 Å². The molecular weight excluding hydrogens is 176 g/mol. The molecule has 2 aromatic heterocycles. The number of rotatable bonds is 2. The Bertz CT molecular complexity index is 497. The van der Waals surface area contributed by atoms with Crippen LogP contribution in [0.25, 0.3) is 5.52 Å². The highest BCUT2D eigenvalue weighted by Crippen LogP contribution is 2.39. The summed E-state index contributed by atoms with van der Waals surface area (Å²) >= 11 is 0. The van der Waals surface area contributed by atoms with Gasteiger partial charge >= 0.3 is 0 Å². The molecular formula is C11H10N2O. The molecule has 0 atom stereocenters. The summed E-state index contributed by atoms with van der Waals surface area (Å²) in [4.78, 5) is 15.2. The summed E-state index contributed by atoms with van der Waals surface area (Å²) in [5, 5.41) is 0. The quantitative estimate of drug-likeness (QED) is 0.672. The van der Waals surface area contributed by atoms with Crippen LogP contribution in [0, 0.1) is 0 Å². The molecule has 1 aliphatic carbocycles. The van der Waals surface area contributed by atoms with E-state index in [-0.39, 0.29) is 0 Å². The van der Waals surface area contributed by atoms with Crippen LogP contribution in [0.1, 0.15) is 35.1 Å². The van der Waals surface area contributed by atoms with Gasteiger partial charge in [0.05, 0.1) is 5.52 Å². The number of aldehydes is 1. The molecule has 3 nitrogen and oxygen atoms in total. The lowest BCUT2D eigenvalue weighted by Gasteiger charge is -1.96. The third-order valence-electron chi connectivity index (χ3n) is 2.66. The van der Waals surface area contributed by atoms with Gasteiger partial charge < -0.3 is 4.40 Å². The summed E-state index contributed by atoms with van der Waals surface area (Å²) < 4.78 is 2.03. The van der Waals surface area contributed by atoms with Gasteiger partial charge in [-0.1, -0.05) is 6.07 Å². The second-order valence-electron chi connectivity index (χ2n) is 3.70. The van der Waals surface area contributed by atoms with Crippen molar-refractivity contribution in [3.8, 4) is 0 Å². The van der Waals surface area contributed by atoms with Gasteiger partial charge in [0.15, 0.2) is 6.29 Å². The van der Waals surface area contributed by atoms with Gasteiger partial charge in [0, 0.05) is 12.1 Å². The highest BCUT2D eigenvalue weighted by molar-refractivity contribution is 5.83. The number of imidazole rings is 1. The molecule has 3 heteroatoms. The largest absolute Gasteiger partial charge is 0.303 e. The van der Waals surface area contributed by atoms with Crippen molar-refractivity contribution in [1.82, 2.24) is 9.38 Å². The van der Waals surface area contributed by atoms with Crippen molar-refractivity contribution in [3.63, 3.8) is 0 Å². The third kappa shape index (κ3) is 0.985. The minimum atomic E-state index is 0.563. The molecule has 0 unspecified atom stereocenters. The first-order valence-electron chi connectivity index (χ1n) is 4.82. The summed E-state index contributed by atoms with van der Waals surface area (Å²) in [5.41, 5.74) is 1.48. The Morgan fingerprint density at radius 1 is 1.43 bits per heavy atom. The predicted molar refractivity (Wildman–Crippen MR) is 52.6 cm³/mol. The van der Waals surface area contributed by atoms with E-state index in [2.05, 4.69) is 4.98 Å². The molecule has 14 heavy (non-hydrogen) atoms. The van der Waals surface area contributed by atoms with E-state index in [0.717, 1.165) is 17.6 Å². The lowest BCUT2D eigenvalue weighted by molar-refractivity contribution is 0.112. The number of fused-ring (bicyclic) bond motifs is 1. The number of pyridine rings is 1. The minimum absolute atomic E-state index is 0.563. The molecule has 0 N–H and O–H groups in total. The normalized spacial score (nSPS) is 16.0. The molecule has 0 aliphatic heterocycles. The van der Waals surface area contributed by atoms with Crippen molar-refractivity contribution in [2.75, 3.05) is 0 Å². The van der Waals surface area contributed by atoms with Gasteiger partial charge in [-0.3, -0.25) is 4.79 Å². The van der Waals surface area contributed by atoms with E-state index < -0.39 is 0 Å². The molecule has 70 valence electrons. The lowest BCUT2D eigenvalue weighted by Crippen LogP contribution is -1.90. The van der Waals surface area contributed by atoms with E-state index in [1.165, 1.54) is 12.8 Å². The number of carbonyl (C=O) groups is 1. The molecule has 2 aromatic rings. The van der Waals surface area contributed by atoms with E-state index in [1.807, 2.05) is 28.8 Å². The Labute approximate surface area is 81.4 Å². The number of aromatic nitrogens is 2. The third-order valence-corrected chi connectivity index (χ3v) is 2.66. The highest BCUT2D eigenvalue weighted by Gasteiger charge is 2.28. The lowest BCUT2D eigenvalue weighted by atomic mass is 10.3. The predicted octanol–water partition coefficient (Wildman–Crippen LogP) is 2.02. The Kier molecular flexibility index (Phi) is 1.48. The zero-order valence-electron chi connectivity index (χ0n) is 7.68. The molecule has 0 spiro atoms. The SMILES string of the molecule is O=Cc1nc(C2CC2)n2ccccc12. The summed E-state index contributed by atoms with van der Waals surface area (Å²) in [6.45, 7) is 0. The first-order chi connectivity index (χ1) is 6.90. The molecule has 1 saturated carbocycles. The molecule has 1 fully saturated rings. The van der Waals surface area contributed by atoms with Crippen LogP contribution in [-0.2, 0) is 0 Å². The standard InChI is InChI=1S/C11H10N2O/c14-7-9-10-3-1-2-6-13(10)11(12-9)8-4-5-8/h1-3,6-8H,4-5H2. The summed E-state index contributed by atoms with van der Waals surface area (Å²) in [7, 11) is 0. The minimum Gasteiger partial charge on any atom is -0.303 e. The Balaban J connectivity index is 2.33. The van der Waals surface area contributed by atoms with Crippen LogP contribution >= 0.6 is 0 Å². The van der Waals surface area contributed by atoms with Crippen LogP contribution in [0.4, 0.5) is 0 Å². The van der Waals surface area contributed by atoms with Crippen molar-refractivity contribution in [2.45, 2.75) is 18.8 Å². The van der Waals surface area contributed by atoms with E-state index in [1.54, 1.807) is 0 Å². The van der Waals surface area contributed by atoms with Gasteiger partial charge in [0.2, 0.25) is 0 Å². The number of hydrogen-bond acceptors (Lipinski definition) is 2.